The molecule has 0 radical (unpaired) electrons. The first-order chi connectivity index (χ1) is 17.1. The van der Waals surface area contributed by atoms with Crippen LogP contribution < -0.4 is 4.90 Å². The molecule has 1 unspecified atom stereocenters. The fourth-order valence-electron chi connectivity index (χ4n) is 4.97. The standard InChI is InChI=1S/C29H24ClN3O2/c30-22-11-6-10-21(18-22)29(35)32(23-15-16-23)19-27(34)33-25-13-5-4-12-24(25)31-17-7-14-26(31)28(33)20-8-2-1-3-9-20/h1-14,17-18,23,28H,15-16,19H2. The molecule has 2 aliphatic rings. The van der Waals surface area contributed by atoms with Crippen LogP contribution in [0.1, 0.15) is 40.5 Å². The molecule has 3 aromatic carbocycles. The average Bonchev–Trinajstić information content (AvgIpc) is 3.61. The van der Waals surface area contributed by atoms with Crippen molar-refractivity contribution in [1.82, 2.24) is 9.47 Å². The second-order valence-corrected chi connectivity index (χ2v) is 9.48. The van der Waals surface area contributed by atoms with Crippen molar-refractivity contribution in [2.45, 2.75) is 24.9 Å². The summed E-state index contributed by atoms with van der Waals surface area (Å²) in [5.74, 6) is -0.269. The van der Waals surface area contributed by atoms with E-state index >= 15 is 0 Å². The number of aromatic nitrogens is 1. The van der Waals surface area contributed by atoms with Crippen molar-refractivity contribution in [1.29, 1.82) is 0 Å². The lowest BCUT2D eigenvalue weighted by molar-refractivity contribution is -0.119. The molecule has 1 fully saturated rings. The molecular weight excluding hydrogens is 458 g/mol. The molecule has 1 aliphatic carbocycles. The lowest BCUT2D eigenvalue weighted by Crippen LogP contribution is -2.47. The topological polar surface area (TPSA) is 45.6 Å². The van der Waals surface area contributed by atoms with E-state index in [4.69, 9.17) is 11.6 Å². The van der Waals surface area contributed by atoms with Crippen molar-refractivity contribution in [2.75, 3.05) is 11.4 Å². The number of benzene rings is 3. The summed E-state index contributed by atoms with van der Waals surface area (Å²) in [7, 11) is 0. The van der Waals surface area contributed by atoms with Gasteiger partial charge in [0, 0.05) is 22.8 Å². The number of nitrogens with zero attached hydrogens (tertiary/aromatic N) is 3. The first-order valence-electron chi connectivity index (χ1n) is 11.8. The molecule has 0 saturated heterocycles. The molecule has 0 spiro atoms. The molecule has 2 amide bonds. The van der Waals surface area contributed by atoms with E-state index in [0.29, 0.717) is 10.6 Å². The molecule has 2 heterocycles. The fraction of sp³-hybridized carbons (Fsp3) is 0.172. The second-order valence-electron chi connectivity index (χ2n) is 9.04. The van der Waals surface area contributed by atoms with Gasteiger partial charge in [-0.25, -0.2) is 0 Å². The van der Waals surface area contributed by atoms with Crippen molar-refractivity contribution < 1.29 is 9.59 Å². The number of hydrogen-bond donors (Lipinski definition) is 0. The van der Waals surface area contributed by atoms with E-state index in [2.05, 4.69) is 10.6 Å². The Hall–Kier alpha value is -3.83. The number of rotatable bonds is 5. The zero-order chi connectivity index (χ0) is 23.9. The highest BCUT2D eigenvalue weighted by atomic mass is 35.5. The molecule has 6 heteroatoms. The van der Waals surface area contributed by atoms with Crippen LogP contribution in [0.4, 0.5) is 5.69 Å². The van der Waals surface area contributed by atoms with Crippen LogP contribution in [0.25, 0.3) is 5.69 Å². The zero-order valence-electron chi connectivity index (χ0n) is 19.0. The number of halogens is 1. The van der Waals surface area contributed by atoms with Gasteiger partial charge in [-0.15, -0.1) is 0 Å². The molecule has 6 rings (SSSR count). The monoisotopic (exact) mass is 481 g/mol. The predicted molar refractivity (Wildman–Crippen MR) is 137 cm³/mol. The van der Waals surface area contributed by atoms with Crippen molar-refractivity contribution in [3.05, 3.63) is 119 Å². The van der Waals surface area contributed by atoms with Crippen molar-refractivity contribution in [3.63, 3.8) is 0 Å². The van der Waals surface area contributed by atoms with E-state index in [1.54, 1.807) is 29.2 Å². The third-order valence-electron chi connectivity index (χ3n) is 6.73. The minimum atomic E-state index is -0.295. The van der Waals surface area contributed by atoms with Crippen LogP contribution in [-0.2, 0) is 4.79 Å². The third kappa shape index (κ3) is 3.92. The number of hydrogen-bond acceptors (Lipinski definition) is 2. The highest BCUT2D eigenvalue weighted by Crippen LogP contribution is 2.42. The zero-order valence-corrected chi connectivity index (χ0v) is 19.8. The lowest BCUT2D eigenvalue weighted by Gasteiger charge is -2.39. The first-order valence-corrected chi connectivity index (χ1v) is 12.2. The van der Waals surface area contributed by atoms with Gasteiger partial charge in [-0.2, -0.15) is 0 Å². The summed E-state index contributed by atoms with van der Waals surface area (Å²) in [4.78, 5) is 31.1. The highest BCUT2D eigenvalue weighted by Gasteiger charge is 2.40. The quantitative estimate of drug-likeness (QED) is 0.358. The van der Waals surface area contributed by atoms with Gasteiger partial charge in [0.1, 0.15) is 12.6 Å². The molecular formula is C29H24ClN3O2. The minimum Gasteiger partial charge on any atom is -0.326 e. The third-order valence-corrected chi connectivity index (χ3v) is 6.96. The SMILES string of the molecule is O=C(c1cccc(Cl)c1)N(CC(=O)N1c2ccccc2-n2cccc2C1c1ccccc1)C1CC1. The van der Waals surface area contributed by atoms with Gasteiger partial charge >= 0.3 is 0 Å². The molecule has 1 aliphatic heterocycles. The van der Waals surface area contributed by atoms with E-state index < -0.39 is 0 Å². The van der Waals surface area contributed by atoms with Gasteiger partial charge in [0.15, 0.2) is 0 Å². The molecule has 5 nitrogen and oxygen atoms in total. The molecule has 1 atom stereocenters. The number of fused-ring (bicyclic) bond motifs is 3. The molecule has 0 bridgehead atoms. The van der Waals surface area contributed by atoms with Gasteiger partial charge < -0.3 is 9.47 Å². The predicted octanol–water partition coefficient (Wildman–Crippen LogP) is 5.87. The normalized spacial score (nSPS) is 16.4. The Morgan fingerprint density at radius 3 is 2.34 bits per heavy atom. The average molecular weight is 482 g/mol. The second kappa shape index (κ2) is 8.75. The Kier molecular flexibility index (Phi) is 5.42. The number of carbonyl (C=O) groups excluding carboxylic acids is 2. The Morgan fingerprint density at radius 1 is 0.857 bits per heavy atom. The molecule has 4 aromatic rings. The van der Waals surface area contributed by atoms with E-state index in [0.717, 1.165) is 35.5 Å². The molecule has 35 heavy (non-hydrogen) atoms. The maximum Gasteiger partial charge on any atom is 0.254 e. The van der Waals surface area contributed by atoms with E-state index in [1.807, 2.05) is 71.8 Å². The summed E-state index contributed by atoms with van der Waals surface area (Å²) < 4.78 is 2.15. The lowest BCUT2D eigenvalue weighted by atomic mass is 9.97. The summed E-state index contributed by atoms with van der Waals surface area (Å²) in [6.07, 6.45) is 3.84. The van der Waals surface area contributed by atoms with Gasteiger partial charge in [-0.05, 0) is 60.9 Å². The van der Waals surface area contributed by atoms with Crippen molar-refractivity contribution in [2.24, 2.45) is 0 Å². The van der Waals surface area contributed by atoms with Crippen LogP contribution >= 0.6 is 11.6 Å². The largest absolute Gasteiger partial charge is 0.326 e. The number of anilines is 1. The maximum atomic E-state index is 14.1. The fourth-order valence-corrected chi connectivity index (χ4v) is 5.17. The van der Waals surface area contributed by atoms with E-state index in [1.165, 1.54) is 0 Å². The smallest absolute Gasteiger partial charge is 0.254 e. The van der Waals surface area contributed by atoms with Crippen LogP contribution in [0.2, 0.25) is 5.02 Å². The Labute approximate surface area is 209 Å². The van der Waals surface area contributed by atoms with Gasteiger partial charge in [0.2, 0.25) is 5.91 Å². The Balaban J connectivity index is 1.41. The van der Waals surface area contributed by atoms with Crippen LogP contribution in [0.15, 0.2) is 97.2 Å². The summed E-state index contributed by atoms with van der Waals surface area (Å²) in [5, 5.41) is 0.507. The van der Waals surface area contributed by atoms with Gasteiger partial charge in [-0.3, -0.25) is 14.5 Å². The molecule has 174 valence electrons. The van der Waals surface area contributed by atoms with Crippen LogP contribution in [0.3, 0.4) is 0 Å². The van der Waals surface area contributed by atoms with Crippen LogP contribution in [0, 0.1) is 0 Å². The summed E-state index contributed by atoms with van der Waals surface area (Å²) in [5.41, 5.74) is 4.33. The summed E-state index contributed by atoms with van der Waals surface area (Å²) in [6.45, 7) is 0.00832. The van der Waals surface area contributed by atoms with Crippen LogP contribution in [-0.4, -0.2) is 33.9 Å². The Bertz CT molecular complexity index is 1410. The number of amides is 2. The Morgan fingerprint density at radius 2 is 1.60 bits per heavy atom. The molecule has 1 saturated carbocycles. The number of carbonyl (C=O) groups is 2. The first kappa shape index (κ1) is 21.7. The maximum absolute atomic E-state index is 14.1. The van der Waals surface area contributed by atoms with Crippen molar-refractivity contribution in [3.8, 4) is 5.69 Å². The van der Waals surface area contributed by atoms with E-state index in [-0.39, 0.29) is 30.4 Å². The molecule has 1 aromatic heterocycles. The highest BCUT2D eigenvalue weighted by molar-refractivity contribution is 6.31. The molecule has 0 N–H and O–H groups in total. The minimum absolute atomic E-state index is 0.00832. The van der Waals surface area contributed by atoms with E-state index in [9.17, 15) is 9.59 Å². The van der Waals surface area contributed by atoms with Crippen LogP contribution in [0.5, 0.6) is 0 Å². The van der Waals surface area contributed by atoms with Gasteiger partial charge in [-0.1, -0.05) is 60.1 Å². The number of para-hydroxylation sites is 2. The van der Waals surface area contributed by atoms with Gasteiger partial charge in [0.25, 0.3) is 5.91 Å². The summed E-state index contributed by atoms with van der Waals surface area (Å²) >= 11 is 6.15. The van der Waals surface area contributed by atoms with Gasteiger partial charge in [0.05, 0.1) is 17.1 Å². The summed E-state index contributed by atoms with van der Waals surface area (Å²) in [6, 6.07) is 28.8. The van der Waals surface area contributed by atoms with Crippen molar-refractivity contribution >= 4 is 29.1 Å².